The Hall–Kier alpha value is -0.700. The van der Waals surface area contributed by atoms with Crippen molar-refractivity contribution in [1.29, 1.82) is 0 Å². The molecular weight excluding hydrogens is 240 g/mol. The molecule has 0 amide bonds. The van der Waals surface area contributed by atoms with E-state index < -0.39 is 0 Å². The van der Waals surface area contributed by atoms with Crippen LogP contribution in [0.4, 0.5) is 0 Å². The van der Waals surface area contributed by atoms with Gasteiger partial charge in [0.25, 0.3) is 0 Å². The summed E-state index contributed by atoms with van der Waals surface area (Å²) in [6, 6.07) is 0. The third-order valence-electron chi connectivity index (χ3n) is 3.52. The van der Waals surface area contributed by atoms with Crippen LogP contribution < -0.4 is 0 Å². The van der Waals surface area contributed by atoms with Crippen LogP contribution in [0, 0.1) is 11.8 Å². The van der Waals surface area contributed by atoms with Crippen molar-refractivity contribution in [2.45, 2.75) is 72.3 Å². The molecule has 0 N–H and O–H groups in total. The van der Waals surface area contributed by atoms with Gasteiger partial charge in [0, 0.05) is 18.9 Å². The van der Waals surface area contributed by atoms with Gasteiger partial charge in [-0.25, -0.2) is 0 Å². The topological polar surface area (TPSA) is 43.4 Å². The molecule has 0 saturated heterocycles. The molecule has 0 bridgehead atoms. The molecule has 0 rings (SSSR count). The van der Waals surface area contributed by atoms with Gasteiger partial charge in [0.05, 0.1) is 12.0 Å². The quantitative estimate of drug-likeness (QED) is 0.400. The fourth-order valence-corrected chi connectivity index (χ4v) is 2.38. The summed E-state index contributed by atoms with van der Waals surface area (Å²) in [5.41, 5.74) is 0. The van der Waals surface area contributed by atoms with Crippen molar-refractivity contribution < 1.29 is 14.3 Å². The first-order valence-corrected chi connectivity index (χ1v) is 7.71. The van der Waals surface area contributed by atoms with Gasteiger partial charge in [-0.05, 0) is 19.3 Å². The molecule has 3 nitrogen and oxygen atoms in total. The van der Waals surface area contributed by atoms with Gasteiger partial charge in [0.1, 0.15) is 12.1 Å². The molecule has 0 aromatic carbocycles. The SMILES string of the molecule is CCCCCC(=O)C(C(C)C=O)C(CC)OCCC. The molecule has 0 saturated carbocycles. The molecule has 0 aromatic rings. The molecule has 0 spiro atoms. The maximum Gasteiger partial charge on any atom is 0.139 e. The molecule has 3 unspecified atom stereocenters. The number of ether oxygens (including phenoxy) is 1. The first-order valence-electron chi connectivity index (χ1n) is 7.71. The van der Waals surface area contributed by atoms with E-state index in [0.29, 0.717) is 13.0 Å². The Bertz CT molecular complexity index is 250. The van der Waals surface area contributed by atoms with Crippen molar-refractivity contribution in [1.82, 2.24) is 0 Å². The minimum absolute atomic E-state index is 0.116. The second-order valence-electron chi connectivity index (χ2n) is 5.26. The monoisotopic (exact) mass is 270 g/mol. The highest BCUT2D eigenvalue weighted by Crippen LogP contribution is 2.23. The zero-order valence-electron chi connectivity index (χ0n) is 13.0. The number of unbranched alkanes of at least 4 members (excludes halogenated alkanes) is 2. The number of carbonyl (C=O) groups is 2. The molecule has 0 aliphatic heterocycles. The smallest absolute Gasteiger partial charge is 0.139 e. The summed E-state index contributed by atoms with van der Waals surface area (Å²) < 4.78 is 5.77. The lowest BCUT2D eigenvalue weighted by Crippen LogP contribution is -2.36. The Kier molecular flexibility index (Phi) is 10.7. The lowest BCUT2D eigenvalue weighted by Gasteiger charge is -2.27. The van der Waals surface area contributed by atoms with Crippen molar-refractivity contribution >= 4 is 12.1 Å². The van der Waals surface area contributed by atoms with Gasteiger partial charge in [-0.3, -0.25) is 4.79 Å². The number of ketones is 1. The fraction of sp³-hybridized carbons (Fsp3) is 0.875. The maximum atomic E-state index is 12.3. The van der Waals surface area contributed by atoms with E-state index >= 15 is 0 Å². The van der Waals surface area contributed by atoms with E-state index in [9.17, 15) is 9.59 Å². The molecule has 0 fully saturated rings. The highest BCUT2D eigenvalue weighted by molar-refractivity contribution is 5.84. The van der Waals surface area contributed by atoms with Gasteiger partial charge in [0.2, 0.25) is 0 Å². The number of Topliss-reactive ketones (excluding diaryl/α,β-unsaturated/α-hetero) is 1. The maximum absolute atomic E-state index is 12.3. The zero-order chi connectivity index (χ0) is 14.7. The van der Waals surface area contributed by atoms with E-state index in [1.54, 1.807) is 0 Å². The van der Waals surface area contributed by atoms with Crippen molar-refractivity contribution in [3.8, 4) is 0 Å². The van der Waals surface area contributed by atoms with E-state index in [2.05, 4.69) is 6.92 Å². The van der Waals surface area contributed by atoms with Gasteiger partial charge in [0.15, 0.2) is 0 Å². The second kappa shape index (κ2) is 11.2. The van der Waals surface area contributed by atoms with Crippen molar-refractivity contribution in [2.24, 2.45) is 11.8 Å². The molecule has 3 heteroatoms. The molecule has 0 aliphatic rings. The highest BCUT2D eigenvalue weighted by atomic mass is 16.5. The van der Waals surface area contributed by atoms with Gasteiger partial charge >= 0.3 is 0 Å². The zero-order valence-corrected chi connectivity index (χ0v) is 13.0. The Labute approximate surface area is 118 Å². The molecule has 3 atom stereocenters. The third-order valence-corrected chi connectivity index (χ3v) is 3.52. The van der Waals surface area contributed by atoms with Crippen LogP contribution in [0.3, 0.4) is 0 Å². The van der Waals surface area contributed by atoms with Crippen molar-refractivity contribution in [3.05, 3.63) is 0 Å². The fourth-order valence-electron chi connectivity index (χ4n) is 2.38. The highest BCUT2D eigenvalue weighted by Gasteiger charge is 2.31. The number of hydrogen-bond donors (Lipinski definition) is 0. The average molecular weight is 270 g/mol. The summed E-state index contributed by atoms with van der Waals surface area (Å²) in [4.78, 5) is 23.4. The lowest BCUT2D eigenvalue weighted by atomic mass is 9.83. The molecule has 0 aromatic heterocycles. The largest absolute Gasteiger partial charge is 0.377 e. The first kappa shape index (κ1) is 18.3. The molecule has 19 heavy (non-hydrogen) atoms. The predicted octanol–water partition coefficient (Wildman–Crippen LogP) is 3.79. The van der Waals surface area contributed by atoms with Crippen LogP contribution >= 0.6 is 0 Å². The minimum Gasteiger partial charge on any atom is -0.377 e. The summed E-state index contributed by atoms with van der Waals surface area (Å²) in [5.74, 6) is -0.335. The van der Waals surface area contributed by atoms with Crippen LogP contribution in [0.15, 0.2) is 0 Å². The van der Waals surface area contributed by atoms with Crippen LogP contribution in [0.2, 0.25) is 0 Å². The molecule has 0 aliphatic carbocycles. The van der Waals surface area contributed by atoms with E-state index in [1.807, 2.05) is 20.8 Å². The standard InChI is InChI=1S/C16H30O3/c1-5-8-9-10-14(18)16(13(4)12-17)15(7-3)19-11-6-2/h12-13,15-16H,5-11H2,1-4H3. The second-order valence-corrected chi connectivity index (χ2v) is 5.26. The van der Waals surface area contributed by atoms with Gasteiger partial charge in [-0.1, -0.05) is 40.5 Å². The molecular formula is C16H30O3. The molecule has 0 radical (unpaired) electrons. The number of rotatable bonds is 12. The summed E-state index contributed by atoms with van der Waals surface area (Å²) >= 11 is 0. The Morgan fingerprint density at radius 3 is 2.32 bits per heavy atom. The van der Waals surface area contributed by atoms with Crippen molar-refractivity contribution in [3.63, 3.8) is 0 Å². The number of carbonyl (C=O) groups excluding carboxylic acids is 2. The Morgan fingerprint density at radius 1 is 1.16 bits per heavy atom. The normalized spacial score (nSPS) is 15.8. The van der Waals surface area contributed by atoms with Gasteiger partial charge in [-0.2, -0.15) is 0 Å². The minimum atomic E-state index is -0.272. The Balaban J connectivity index is 4.66. The summed E-state index contributed by atoms with van der Waals surface area (Å²) in [7, 11) is 0. The summed E-state index contributed by atoms with van der Waals surface area (Å²) in [6.07, 6.45) is 6.15. The van der Waals surface area contributed by atoms with E-state index in [4.69, 9.17) is 4.74 Å². The first-order chi connectivity index (χ1) is 9.12. The third kappa shape index (κ3) is 6.86. The molecule has 0 heterocycles. The lowest BCUT2D eigenvalue weighted by molar-refractivity contribution is -0.134. The van der Waals surface area contributed by atoms with Crippen molar-refractivity contribution in [2.75, 3.05) is 6.61 Å². The van der Waals surface area contributed by atoms with Crippen LogP contribution in [0.5, 0.6) is 0 Å². The van der Waals surface area contributed by atoms with Crippen LogP contribution in [-0.4, -0.2) is 24.8 Å². The average Bonchev–Trinajstić information content (AvgIpc) is 2.42. The van der Waals surface area contributed by atoms with E-state index in [-0.39, 0.29) is 23.7 Å². The van der Waals surface area contributed by atoms with Gasteiger partial charge in [-0.15, -0.1) is 0 Å². The van der Waals surface area contributed by atoms with Crippen LogP contribution in [0.1, 0.15) is 66.2 Å². The van der Waals surface area contributed by atoms with E-state index in [0.717, 1.165) is 38.4 Å². The predicted molar refractivity (Wildman–Crippen MR) is 78.2 cm³/mol. The van der Waals surface area contributed by atoms with E-state index in [1.165, 1.54) is 0 Å². The summed E-state index contributed by atoms with van der Waals surface area (Å²) in [6.45, 7) is 8.67. The van der Waals surface area contributed by atoms with Crippen LogP contribution in [-0.2, 0) is 14.3 Å². The van der Waals surface area contributed by atoms with Crippen LogP contribution in [0.25, 0.3) is 0 Å². The van der Waals surface area contributed by atoms with Gasteiger partial charge < -0.3 is 9.53 Å². The number of aldehydes is 1. The molecule has 112 valence electrons. The Morgan fingerprint density at radius 2 is 1.84 bits per heavy atom. The summed E-state index contributed by atoms with van der Waals surface area (Å²) in [5, 5.41) is 0. The number of hydrogen-bond acceptors (Lipinski definition) is 3.